The fourth-order valence-corrected chi connectivity index (χ4v) is 2.05. The Balaban J connectivity index is 3.19. The van der Waals surface area contributed by atoms with Gasteiger partial charge in [-0.05, 0) is 32.4 Å². The van der Waals surface area contributed by atoms with E-state index >= 15 is 0 Å². The van der Waals surface area contributed by atoms with Crippen molar-refractivity contribution in [1.82, 2.24) is 0 Å². The van der Waals surface area contributed by atoms with E-state index in [-0.39, 0.29) is 23.4 Å². The van der Waals surface area contributed by atoms with Crippen molar-refractivity contribution >= 4 is 23.0 Å². The number of rotatable bonds is 6. The van der Waals surface area contributed by atoms with Crippen molar-refractivity contribution in [3.8, 4) is 0 Å². The van der Waals surface area contributed by atoms with E-state index in [0.29, 0.717) is 18.7 Å². The number of hydrogen-bond donors (Lipinski definition) is 1. The first kappa shape index (κ1) is 14.7. The highest BCUT2D eigenvalue weighted by Gasteiger charge is 2.24. The lowest BCUT2D eigenvalue weighted by atomic mass is 10.2. The standard InChI is InChI=1S/C12H17ClN2O3/c1-9(2)14(7-4-8-16)11-6-3-5-10(13)12(11)15(17)18/h3,5-6,9,16H,4,7-8H2,1-2H3. The number of aliphatic hydroxyl groups is 1. The molecule has 0 bridgehead atoms. The molecule has 0 fully saturated rings. The first-order valence-electron chi connectivity index (χ1n) is 5.79. The monoisotopic (exact) mass is 272 g/mol. The molecule has 0 aromatic heterocycles. The second kappa shape index (κ2) is 6.56. The lowest BCUT2D eigenvalue weighted by Crippen LogP contribution is -2.32. The summed E-state index contributed by atoms with van der Waals surface area (Å²) in [4.78, 5) is 12.5. The quantitative estimate of drug-likeness (QED) is 0.639. The van der Waals surface area contributed by atoms with Gasteiger partial charge in [-0.1, -0.05) is 17.7 Å². The van der Waals surface area contributed by atoms with E-state index in [4.69, 9.17) is 16.7 Å². The smallest absolute Gasteiger partial charge is 0.310 e. The molecule has 0 radical (unpaired) electrons. The predicted octanol–water partition coefficient (Wildman–Crippen LogP) is 2.85. The lowest BCUT2D eigenvalue weighted by Gasteiger charge is -2.28. The van der Waals surface area contributed by atoms with Gasteiger partial charge in [-0.25, -0.2) is 0 Å². The Hall–Kier alpha value is -1.33. The van der Waals surface area contributed by atoms with Crippen LogP contribution in [0.3, 0.4) is 0 Å². The molecule has 0 saturated carbocycles. The maximum absolute atomic E-state index is 11.1. The zero-order valence-corrected chi connectivity index (χ0v) is 11.2. The highest BCUT2D eigenvalue weighted by atomic mass is 35.5. The topological polar surface area (TPSA) is 66.6 Å². The number of aliphatic hydroxyl groups excluding tert-OH is 1. The Kier molecular flexibility index (Phi) is 5.37. The summed E-state index contributed by atoms with van der Waals surface area (Å²) in [7, 11) is 0. The van der Waals surface area contributed by atoms with Crippen LogP contribution < -0.4 is 4.90 Å². The third-order valence-electron chi connectivity index (χ3n) is 2.64. The Morgan fingerprint density at radius 1 is 1.50 bits per heavy atom. The number of hydrogen-bond acceptors (Lipinski definition) is 4. The van der Waals surface area contributed by atoms with E-state index in [1.54, 1.807) is 12.1 Å². The average molecular weight is 273 g/mol. The zero-order valence-electron chi connectivity index (χ0n) is 10.5. The number of nitro groups is 1. The van der Waals surface area contributed by atoms with Gasteiger partial charge in [0.15, 0.2) is 0 Å². The molecule has 5 nitrogen and oxygen atoms in total. The highest BCUT2D eigenvalue weighted by molar-refractivity contribution is 6.33. The normalized spacial score (nSPS) is 10.7. The van der Waals surface area contributed by atoms with Crippen LogP contribution in [0.15, 0.2) is 18.2 Å². The molecule has 6 heteroatoms. The summed E-state index contributed by atoms with van der Waals surface area (Å²) in [5.74, 6) is 0. The number of nitrogens with zero attached hydrogens (tertiary/aromatic N) is 2. The Labute approximate surface area is 111 Å². The second-order valence-electron chi connectivity index (χ2n) is 4.23. The molecule has 1 aromatic carbocycles. The molecular weight excluding hydrogens is 256 g/mol. The molecule has 18 heavy (non-hydrogen) atoms. The summed E-state index contributed by atoms with van der Waals surface area (Å²) in [6, 6.07) is 4.97. The first-order valence-corrected chi connectivity index (χ1v) is 6.17. The molecule has 0 atom stereocenters. The number of nitro benzene ring substituents is 1. The Morgan fingerprint density at radius 2 is 2.17 bits per heavy atom. The van der Waals surface area contributed by atoms with Crippen molar-refractivity contribution in [2.75, 3.05) is 18.1 Å². The molecule has 0 spiro atoms. The summed E-state index contributed by atoms with van der Waals surface area (Å²) < 4.78 is 0. The van der Waals surface area contributed by atoms with Crippen LogP contribution >= 0.6 is 11.6 Å². The van der Waals surface area contributed by atoms with Crippen LogP contribution in [0.4, 0.5) is 11.4 Å². The van der Waals surface area contributed by atoms with Crippen molar-refractivity contribution in [2.24, 2.45) is 0 Å². The van der Waals surface area contributed by atoms with Gasteiger partial charge in [-0.3, -0.25) is 10.1 Å². The van der Waals surface area contributed by atoms with Crippen LogP contribution in [0.5, 0.6) is 0 Å². The fraction of sp³-hybridized carbons (Fsp3) is 0.500. The van der Waals surface area contributed by atoms with E-state index in [9.17, 15) is 10.1 Å². The van der Waals surface area contributed by atoms with Gasteiger partial charge < -0.3 is 10.0 Å². The van der Waals surface area contributed by atoms with Gasteiger partial charge >= 0.3 is 5.69 Å². The maximum Gasteiger partial charge on any atom is 0.310 e. The Morgan fingerprint density at radius 3 is 2.67 bits per heavy atom. The molecule has 0 amide bonds. The van der Waals surface area contributed by atoms with Gasteiger partial charge in [-0.15, -0.1) is 0 Å². The largest absolute Gasteiger partial charge is 0.396 e. The van der Waals surface area contributed by atoms with Gasteiger partial charge in [0.1, 0.15) is 10.7 Å². The average Bonchev–Trinajstić information content (AvgIpc) is 2.28. The molecule has 0 aliphatic carbocycles. The van der Waals surface area contributed by atoms with Crippen molar-refractivity contribution in [3.63, 3.8) is 0 Å². The van der Waals surface area contributed by atoms with Crippen LogP contribution in [-0.4, -0.2) is 29.2 Å². The van der Waals surface area contributed by atoms with E-state index in [0.717, 1.165) is 0 Å². The molecular formula is C12H17ClN2O3. The molecule has 0 saturated heterocycles. The van der Waals surface area contributed by atoms with Crippen LogP contribution in [0, 0.1) is 10.1 Å². The summed E-state index contributed by atoms with van der Waals surface area (Å²) in [5, 5.41) is 20.1. The second-order valence-corrected chi connectivity index (χ2v) is 4.64. The molecule has 0 aliphatic rings. The number of halogens is 1. The van der Waals surface area contributed by atoms with E-state index in [2.05, 4.69) is 0 Å². The number of benzene rings is 1. The summed E-state index contributed by atoms with van der Waals surface area (Å²) in [6.07, 6.45) is 0.557. The van der Waals surface area contributed by atoms with E-state index < -0.39 is 4.92 Å². The van der Waals surface area contributed by atoms with Crippen molar-refractivity contribution in [3.05, 3.63) is 33.3 Å². The van der Waals surface area contributed by atoms with E-state index in [1.807, 2.05) is 18.7 Å². The highest BCUT2D eigenvalue weighted by Crippen LogP contribution is 2.35. The summed E-state index contributed by atoms with van der Waals surface area (Å²) in [5.41, 5.74) is 0.418. The third-order valence-corrected chi connectivity index (χ3v) is 2.94. The van der Waals surface area contributed by atoms with Crippen molar-refractivity contribution in [1.29, 1.82) is 0 Å². The molecule has 1 rings (SSSR count). The molecule has 100 valence electrons. The van der Waals surface area contributed by atoms with Crippen LogP contribution in [-0.2, 0) is 0 Å². The molecule has 0 aliphatic heterocycles. The minimum atomic E-state index is -0.466. The van der Waals surface area contributed by atoms with Gasteiger partial charge in [0.25, 0.3) is 0 Å². The summed E-state index contributed by atoms with van der Waals surface area (Å²) >= 11 is 5.89. The Bertz CT molecular complexity index is 424. The van der Waals surface area contributed by atoms with Crippen LogP contribution in [0.25, 0.3) is 0 Å². The van der Waals surface area contributed by atoms with E-state index in [1.165, 1.54) is 6.07 Å². The van der Waals surface area contributed by atoms with Gasteiger partial charge in [0.2, 0.25) is 0 Å². The predicted molar refractivity (Wildman–Crippen MR) is 72.3 cm³/mol. The fourth-order valence-electron chi connectivity index (χ4n) is 1.81. The number of para-hydroxylation sites is 1. The molecule has 0 unspecified atom stereocenters. The molecule has 1 N–H and O–H groups in total. The minimum Gasteiger partial charge on any atom is -0.396 e. The van der Waals surface area contributed by atoms with Crippen molar-refractivity contribution in [2.45, 2.75) is 26.3 Å². The molecule has 0 heterocycles. The maximum atomic E-state index is 11.1. The number of anilines is 1. The first-order chi connectivity index (χ1) is 8.49. The van der Waals surface area contributed by atoms with Crippen molar-refractivity contribution < 1.29 is 10.0 Å². The van der Waals surface area contributed by atoms with Gasteiger partial charge in [0.05, 0.1) is 4.92 Å². The zero-order chi connectivity index (χ0) is 13.7. The third kappa shape index (κ3) is 3.34. The SMILES string of the molecule is CC(C)N(CCCO)c1cccc(Cl)c1[N+](=O)[O-]. The summed E-state index contributed by atoms with van der Waals surface area (Å²) in [6.45, 7) is 4.50. The lowest BCUT2D eigenvalue weighted by molar-refractivity contribution is -0.384. The van der Waals surface area contributed by atoms with Crippen LogP contribution in [0.1, 0.15) is 20.3 Å². The van der Waals surface area contributed by atoms with Crippen LogP contribution in [0.2, 0.25) is 5.02 Å². The molecule has 1 aromatic rings. The van der Waals surface area contributed by atoms with Gasteiger partial charge in [0, 0.05) is 19.2 Å². The van der Waals surface area contributed by atoms with Gasteiger partial charge in [-0.2, -0.15) is 0 Å². The minimum absolute atomic E-state index is 0.0532.